The third kappa shape index (κ3) is 7.29. The summed E-state index contributed by atoms with van der Waals surface area (Å²) in [5, 5.41) is 2.08. The topological polar surface area (TPSA) is 45.6 Å². The molecule has 0 fully saturated rings. The Labute approximate surface area is 416 Å². The number of hydrogen-bond acceptors (Lipinski definition) is 4. The molecule has 1 aromatic heterocycles. The minimum absolute atomic E-state index is 0.0544. The summed E-state index contributed by atoms with van der Waals surface area (Å²) < 4.78 is 2.35. The highest BCUT2D eigenvalue weighted by atomic mass is 16.1. The molecule has 1 unspecified atom stereocenters. The van der Waals surface area contributed by atoms with E-state index in [9.17, 15) is 0 Å². The molecule has 5 nitrogen and oxygen atoms in total. The molecule has 1 atom stereocenters. The van der Waals surface area contributed by atoms with Crippen LogP contribution in [0.3, 0.4) is 0 Å². The van der Waals surface area contributed by atoms with Gasteiger partial charge in [0.15, 0.2) is 11.6 Å². The van der Waals surface area contributed by atoms with Crippen LogP contribution in [0.15, 0.2) is 206 Å². The van der Waals surface area contributed by atoms with Crippen molar-refractivity contribution in [2.45, 2.75) is 64.7 Å². The van der Waals surface area contributed by atoms with Gasteiger partial charge in [0.25, 0.3) is 0 Å². The molecule has 2 aliphatic rings. The number of nitrogens with zero attached hydrogens (tertiary/aromatic N) is 3. The summed E-state index contributed by atoms with van der Waals surface area (Å²) in [5.74, 6) is -0.314. The van der Waals surface area contributed by atoms with Gasteiger partial charge in [0.05, 0.1) is 22.4 Å². The summed E-state index contributed by atoms with van der Waals surface area (Å²) in [7, 11) is 0. The number of para-hydroxylation sites is 6. The molecule has 1 heterocycles. The van der Waals surface area contributed by atoms with Gasteiger partial charge in [-0.2, -0.15) is 0 Å². The maximum absolute atomic E-state index is 15.9. The second kappa shape index (κ2) is 16.7. The Kier molecular flexibility index (Phi) is 10.3. The van der Waals surface area contributed by atoms with Crippen LogP contribution in [-0.4, -0.2) is 16.1 Å². The number of rotatable bonds is 7. The van der Waals surface area contributed by atoms with E-state index in [1.165, 1.54) is 0 Å². The van der Waals surface area contributed by atoms with Crippen molar-refractivity contribution < 1.29 is 9.59 Å². The van der Waals surface area contributed by atoms with Crippen LogP contribution in [0.4, 0.5) is 34.1 Å². The summed E-state index contributed by atoms with van der Waals surface area (Å²) in [6.45, 7) is 13.2. The first-order chi connectivity index (χ1) is 34.3. The average Bonchev–Trinajstić information content (AvgIpc) is 3.68. The number of benzene rings is 9. The highest BCUT2D eigenvalue weighted by Gasteiger charge is 2.40. The van der Waals surface area contributed by atoms with E-state index in [0.717, 1.165) is 89.4 Å². The molecule has 0 spiro atoms. The second-order valence-electron chi connectivity index (χ2n) is 21.2. The van der Waals surface area contributed by atoms with Crippen molar-refractivity contribution in [3.05, 3.63) is 256 Å². The van der Waals surface area contributed by atoms with Crippen molar-refractivity contribution >= 4 is 67.5 Å². The summed E-state index contributed by atoms with van der Waals surface area (Å²) in [5.41, 5.74) is 15.7. The van der Waals surface area contributed by atoms with E-state index in [2.05, 4.69) is 238 Å². The number of hydrogen-bond donors (Lipinski definition) is 0. The maximum Gasteiger partial charge on any atom is 0.193 e. The number of ketones is 2. The van der Waals surface area contributed by atoms with Crippen LogP contribution in [0, 0.1) is 0 Å². The van der Waals surface area contributed by atoms with Crippen LogP contribution < -0.4 is 9.80 Å². The van der Waals surface area contributed by atoms with Crippen molar-refractivity contribution in [1.29, 1.82) is 0 Å². The lowest BCUT2D eigenvalue weighted by atomic mass is 9.72. The van der Waals surface area contributed by atoms with Crippen LogP contribution in [-0.2, 0) is 17.3 Å². The number of aromatic nitrogens is 1. The van der Waals surface area contributed by atoms with Gasteiger partial charge in [-0.15, -0.1) is 0 Å². The van der Waals surface area contributed by atoms with E-state index in [1.54, 1.807) is 0 Å². The summed E-state index contributed by atoms with van der Waals surface area (Å²) >= 11 is 0. The maximum atomic E-state index is 15.9. The first kappa shape index (κ1) is 44.0. The van der Waals surface area contributed by atoms with Gasteiger partial charge in [-0.05, 0) is 130 Å². The lowest BCUT2D eigenvalue weighted by Crippen LogP contribution is -2.24. The van der Waals surface area contributed by atoms with E-state index in [0.29, 0.717) is 28.7 Å². The molecule has 12 rings (SSSR count). The fourth-order valence-electron chi connectivity index (χ4n) is 11.2. The fraction of sp³-hybridized carbons (Fsp3) is 0.152. The molecule has 5 heteroatoms. The third-order valence-corrected chi connectivity index (χ3v) is 14.8. The average molecular weight is 922 g/mol. The molecule has 346 valence electrons. The molecular weight excluding hydrogens is 867 g/mol. The summed E-state index contributed by atoms with van der Waals surface area (Å²) in [4.78, 5) is 36.2. The molecule has 10 aromatic rings. The lowest BCUT2D eigenvalue weighted by Gasteiger charge is -2.31. The van der Waals surface area contributed by atoms with E-state index in [1.807, 2.05) is 24.3 Å². The van der Waals surface area contributed by atoms with E-state index < -0.39 is 0 Å². The van der Waals surface area contributed by atoms with Crippen molar-refractivity contribution in [1.82, 2.24) is 4.57 Å². The Hall–Kier alpha value is -8.28. The Bertz CT molecular complexity index is 3490. The molecule has 71 heavy (non-hydrogen) atoms. The first-order valence-electron chi connectivity index (χ1n) is 24.8. The molecule has 2 aliphatic carbocycles. The molecule has 0 amide bonds. The molecule has 0 radical (unpaired) electrons. The van der Waals surface area contributed by atoms with Gasteiger partial charge in [-0.25, -0.2) is 0 Å². The smallest absolute Gasteiger partial charge is 0.193 e. The predicted molar refractivity (Wildman–Crippen MR) is 293 cm³/mol. The van der Waals surface area contributed by atoms with Gasteiger partial charge in [0.2, 0.25) is 0 Å². The van der Waals surface area contributed by atoms with Crippen LogP contribution in [0.25, 0.3) is 27.5 Å². The lowest BCUT2D eigenvalue weighted by molar-refractivity contribution is 0.103. The molecule has 0 N–H and O–H groups in total. The largest absolute Gasteiger partial charge is 0.308 e. The van der Waals surface area contributed by atoms with Crippen molar-refractivity contribution in [3.8, 4) is 5.69 Å². The Balaban J connectivity index is 1.24. The van der Waals surface area contributed by atoms with Crippen LogP contribution in [0.2, 0.25) is 0 Å². The number of carbonyl (C=O) groups excluding carboxylic acids is 2. The molecule has 0 saturated heterocycles. The minimum Gasteiger partial charge on any atom is -0.308 e. The molecule has 9 aromatic carbocycles. The van der Waals surface area contributed by atoms with E-state index >= 15 is 9.59 Å². The van der Waals surface area contributed by atoms with Gasteiger partial charge in [0, 0.05) is 67.4 Å². The highest BCUT2D eigenvalue weighted by Crippen LogP contribution is 2.50. The van der Waals surface area contributed by atoms with Crippen LogP contribution in [0.5, 0.6) is 0 Å². The SMILES string of the molecule is CC(C)(C)c1ccc2c(c1)C(=O)c1cc(-n3c4c(N(c5ccccc5)c5ccccc5)cccc4c4cccc(N(c5ccccc5)c5ccccc5)c43)cc3c1C(C2)c1ccc(C(C)(C)C)cc1C3=O. The monoisotopic (exact) mass is 921 g/mol. The standard InChI is InChI=1S/C66H55N3O2/c1-65(2,3)43-34-33-42-37-54-50-36-35-44(66(4,5)6)39-55(50)64(71)57-41-49(40-56(60(54)57)63(70)53(42)38-43)69-61-51(29-19-31-58(61)67(45-21-11-7-12-22-45)46-23-13-8-14-24-46)52-30-20-32-59(62(52)69)68(47-25-15-9-16-26-47)48-27-17-10-18-28-48/h7-36,38-41,54H,37H2,1-6H3. The second-order valence-corrected chi connectivity index (χ2v) is 21.2. The Morgan fingerprint density at radius 1 is 0.423 bits per heavy atom. The minimum atomic E-state index is -0.205. The molecule has 0 bridgehead atoms. The van der Waals surface area contributed by atoms with Crippen molar-refractivity contribution in [3.63, 3.8) is 0 Å². The van der Waals surface area contributed by atoms with Gasteiger partial charge < -0.3 is 14.4 Å². The highest BCUT2D eigenvalue weighted by molar-refractivity contribution is 6.21. The van der Waals surface area contributed by atoms with Gasteiger partial charge in [-0.3, -0.25) is 9.59 Å². The van der Waals surface area contributed by atoms with Crippen LogP contribution in [0.1, 0.15) is 107 Å². The number of carbonyl (C=O) groups is 2. The molecular formula is C66H55N3O2. The zero-order valence-corrected chi connectivity index (χ0v) is 41.1. The Morgan fingerprint density at radius 3 is 1.27 bits per heavy atom. The summed E-state index contributed by atoms with van der Waals surface area (Å²) in [6.07, 6.45) is 0.607. The summed E-state index contributed by atoms with van der Waals surface area (Å²) in [6, 6.07) is 72.2. The van der Waals surface area contributed by atoms with Gasteiger partial charge >= 0.3 is 0 Å². The van der Waals surface area contributed by atoms with Crippen molar-refractivity contribution in [2.75, 3.05) is 9.80 Å². The van der Waals surface area contributed by atoms with E-state index in [-0.39, 0.29) is 28.3 Å². The van der Waals surface area contributed by atoms with Gasteiger partial charge in [-0.1, -0.05) is 163 Å². The van der Waals surface area contributed by atoms with E-state index in [4.69, 9.17) is 0 Å². The fourth-order valence-corrected chi connectivity index (χ4v) is 11.2. The normalized spacial score (nSPS) is 14.2. The first-order valence-corrected chi connectivity index (χ1v) is 24.8. The third-order valence-electron chi connectivity index (χ3n) is 14.8. The molecule has 0 aliphatic heterocycles. The zero-order chi connectivity index (χ0) is 48.8. The quantitative estimate of drug-likeness (QED) is 0.160. The van der Waals surface area contributed by atoms with Gasteiger partial charge in [0.1, 0.15) is 0 Å². The van der Waals surface area contributed by atoms with Crippen LogP contribution >= 0.6 is 0 Å². The Morgan fingerprint density at radius 2 is 0.831 bits per heavy atom. The molecule has 0 saturated carbocycles. The van der Waals surface area contributed by atoms with Crippen molar-refractivity contribution in [2.24, 2.45) is 0 Å². The zero-order valence-electron chi connectivity index (χ0n) is 41.1. The number of anilines is 6. The number of fused-ring (bicyclic) bond motifs is 6. The predicted octanol–water partition coefficient (Wildman–Crippen LogP) is 16.8.